The Morgan fingerprint density at radius 3 is 2.41 bits per heavy atom. The summed E-state index contributed by atoms with van der Waals surface area (Å²) in [4.78, 5) is 27.0. The largest absolute Gasteiger partial charge is 0.497 e. The van der Waals surface area contributed by atoms with E-state index in [2.05, 4.69) is 5.32 Å². The minimum Gasteiger partial charge on any atom is -0.497 e. The lowest BCUT2D eigenvalue weighted by Gasteiger charge is -2.20. The van der Waals surface area contributed by atoms with Gasteiger partial charge in [-0.25, -0.2) is 0 Å². The standard InChI is InChI=1S/C20H24ClN3O3/c1-23(13-19(25)22-18-7-5-4-6-17(18)21)14-20(26)24(2)12-15-8-10-16(27-3)11-9-15/h4-11H,12-14H2,1-3H3,(H,22,25)/p+1. The molecule has 2 rings (SSSR count). The Morgan fingerprint density at radius 1 is 1.11 bits per heavy atom. The number of para-hydroxylation sites is 1. The van der Waals surface area contributed by atoms with Crippen LogP contribution in [0.25, 0.3) is 0 Å². The molecule has 0 radical (unpaired) electrons. The molecule has 1 atom stereocenters. The Balaban J connectivity index is 1.81. The zero-order chi connectivity index (χ0) is 19.8. The number of hydrogen-bond acceptors (Lipinski definition) is 3. The molecule has 0 saturated heterocycles. The maximum absolute atomic E-state index is 12.4. The number of benzene rings is 2. The molecule has 144 valence electrons. The van der Waals surface area contributed by atoms with Crippen LogP contribution in [0, 0.1) is 0 Å². The fourth-order valence-electron chi connectivity index (χ4n) is 2.58. The minimum absolute atomic E-state index is 0.0335. The summed E-state index contributed by atoms with van der Waals surface area (Å²) in [6.07, 6.45) is 0. The molecule has 6 nitrogen and oxygen atoms in total. The van der Waals surface area contributed by atoms with Crippen LogP contribution in [0.3, 0.4) is 0 Å². The van der Waals surface area contributed by atoms with Crippen molar-refractivity contribution in [3.63, 3.8) is 0 Å². The van der Waals surface area contributed by atoms with Gasteiger partial charge < -0.3 is 19.9 Å². The van der Waals surface area contributed by atoms with Gasteiger partial charge in [0.25, 0.3) is 11.8 Å². The van der Waals surface area contributed by atoms with Crippen molar-refractivity contribution >= 4 is 29.1 Å². The molecule has 0 aliphatic rings. The van der Waals surface area contributed by atoms with Gasteiger partial charge in [-0.1, -0.05) is 35.9 Å². The highest BCUT2D eigenvalue weighted by molar-refractivity contribution is 6.33. The van der Waals surface area contributed by atoms with Gasteiger partial charge >= 0.3 is 0 Å². The van der Waals surface area contributed by atoms with Crippen LogP contribution in [0.4, 0.5) is 5.69 Å². The zero-order valence-electron chi connectivity index (χ0n) is 15.8. The molecule has 2 aromatic carbocycles. The van der Waals surface area contributed by atoms with Crippen LogP contribution < -0.4 is 15.0 Å². The quantitative estimate of drug-likeness (QED) is 0.717. The lowest BCUT2D eigenvalue weighted by Crippen LogP contribution is -3.11. The van der Waals surface area contributed by atoms with E-state index >= 15 is 0 Å². The predicted octanol–water partition coefficient (Wildman–Crippen LogP) is 1.46. The van der Waals surface area contributed by atoms with Crippen molar-refractivity contribution in [1.82, 2.24) is 4.90 Å². The van der Waals surface area contributed by atoms with Crippen molar-refractivity contribution in [3.05, 3.63) is 59.1 Å². The van der Waals surface area contributed by atoms with Crippen molar-refractivity contribution in [2.24, 2.45) is 0 Å². The Kier molecular flexibility index (Phi) is 7.64. The molecule has 2 aromatic rings. The van der Waals surface area contributed by atoms with Crippen molar-refractivity contribution in [2.75, 3.05) is 39.6 Å². The monoisotopic (exact) mass is 390 g/mol. The third-order valence-electron chi connectivity index (χ3n) is 4.07. The first-order valence-electron chi connectivity index (χ1n) is 8.61. The van der Waals surface area contributed by atoms with Gasteiger partial charge in [0.1, 0.15) is 5.75 Å². The number of hydrogen-bond donors (Lipinski definition) is 2. The second-order valence-corrected chi connectivity index (χ2v) is 6.84. The van der Waals surface area contributed by atoms with Crippen molar-refractivity contribution in [3.8, 4) is 5.75 Å². The van der Waals surface area contributed by atoms with Crippen molar-refractivity contribution in [2.45, 2.75) is 6.54 Å². The molecule has 0 heterocycles. The smallest absolute Gasteiger partial charge is 0.279 e. The van der Waals surface area contributed by atoms with E-state index in [1.165, 1.54) is 0 Å². The van der Waals surface area contributed by atoms with E-state index < -0.39 is 0 Å². The average molecular weight is 391 g/mol. The summed E-state index contributed by atoms with van der Waals surface area (Å²) in [5.74, 6) is 0.557. The number of anilines is 1. The molecule has 27 heavy (non-hydrogen) atoms. The highest BCUT2D eigenvalue weighted by Gasteiger charge is 2.18. The summed E-state index contributed by atoms with van der Waals surface area (Å²) < 4.78 is 5.13. The molecule has 0 saturated carbocycles. The number of nitrogens with zero attached hydrogens (tertiary/aromatic N) is 1. The Hall–Kier alpha value is -2.57. The van der Waals surface area contributed by atoms with Crippen LogP contribution in [0.1, 0.15) is 5.56 Å². The molecule has 2 N–H and O–H groups in total. The lowest BCUT2D eigenvalue weighted by atomic mass is 10.2. The summed E-state index contributed by atoms with van der Waals surface area (Å²) in [7, 11) is 5.18. The maximum Gasteiger partial charge on any atom is 0.279 e. The van der Waals surface area contributed by atoms with E-state index in [-0.39, 0.29) is 24.9 Å². The Labute approximate surface area is 164 Å². The number of halogens is 1. The molecular weight excluding hydrogens is 366 g/mol. The van der Waals surface area contributed by atoms with Gasteiger partial charge in [-0.2, -0.15) is 0 Å². The van der Waals surface area contributed by atoms with Gasteiger partial charge in [0, 0.05) is 13.6 Å². The molecule has 0 aliphatic heterocycles. The summed E-state index contributed by atoms with van der Waals surface area (Å²) in [6, 6.07) is 14.6. The normalized spacial score (nSPS) is 11.6. The van der Waals surface area contributed by atoms with Crippen molar-refractivity contribution < 1.29 is 19.2 Å². The Bertz CT molecular complexity index is 780. The average Bonchev–Trinajstić information content (AvgIpc) is 2.64. The third kappa shape index (κ3) is 6.58. The van der Waals surface area contributed by atoms with Crippen molar-refractivity contribution in [1.29, 1.82) is 0 Å². The number of amides is 2. The first-order valence-corrected chi connectivity index (χ1v) is 8.99. The predicted molar refractivity (Wildman–Crippen MR) is 106 cm³/mol. The van der Waals surface area contributed by atoms with Crippen LogP contribution in [0.5, 0.6) is 5.75 Å². The summed E-state index contributed by atoms with van der Waals surface area (Å²) in [5, 5.41) is 3.25. The SMILES string of the molecule is COc1ccc(CN(C)C(=O)C[NH+](C)CC(=O)Nc2ccccc2Cl)cc1. The fourth-order valence-corrected chi connectivity index (χ4v) is 2.76. The van der Waals surface area contributed by atoms with Crippen LogP contribution in [-0.4, -0.2) is 51.0 Å². The molecule has 0 bridgehead atoms. The van der Waals surface area contributed by atoms with Crippen LogP contribution in [0.15, 0.2) is 48.5 Å². The number of carbonyl (C=O) groups excluding carboxylic acids is 2. The van der Waals surface area contributed by atoms with E-state index in [1.54, 1.807) is 43.3 Å². The number of ether oxygens (including phenoxy) is 1. The number of methoxy groups -OCH3 is 1. The molecule has 0 aromatic heterocycles. The summed E-state index contributed by atoms with van der Waals surface area (Å²) in [6.45, 7) is 0.901. The number of rotatable bonds is 8. The van der Waals surface area contributed by atoms with E-state index in [0.717, 1.165) is 16.2 Å². The van der Waals surface area contributed by atoms with Gasteiger partial charge in [0.2, 0.25) is 0 Å². The van der Waals surface area contributed by atoms with Crippen LogP contribution >= 0.6 is 11.6 Å². The number of quaternary nitrogens is 1. The van der Waals surface area contributed by atoms with E-state index in [9.17, 15) is 9.59 Å². The fraction of sp³-hybridized carbons (Fsp3) is 0.300. The minimum atomic E-state index is -0.189. The molecule has 1 unspecified atom stereocenters. The lowest BCUT2D eigenvalue weighted by molar-refractivity contribution is -0.862. The van der Waals surface area contributed by atoms with E-state index in [0.29, 0.717) is 17.3 Å². The molecule has 7 heteroatoms. The number of likely N-dealkylation sites (N-methyl/N-ethyl adjacent to an activating group) is 2. The van der Waals surface area contributed by atoms with Gasteiger partial charge in [-0.15, -0.1) is 0 Å². The number of nitrogens with one attached hydrogen (secondary N) is 2. The summed E-state index contributed by atoms with van der Waals surface area (Å²) in [5.41, 5.74) is 1.58. The third-order valence-corrected chi connectivity index (χ3v) is 4.40. The highest BCUT2D eigenvalue weighted by atomic mass is 35.5. The van der Waals surface area contributed by atoms with Gasteiger partial charge in [-0.3, -0.25) is 9.59 Å². The molecule has 0 aliphatic carbocycles. The topological polar surface area (TPSA) is 63.1 Å². The molecular formula is C20H25ClN3O3+. The molecule has 0 spiro atoms. The van der Waals surface area contributed by atoms with Crippen LogP contribution in [0.2, 0.25) is 5.02 Å². The van der Waals surface area contributed by atoms with E-state index in [1.807, 2.05) is 31.3 Å². The van der Waals surface area contributed by atoms with Gasteiger partial charge in [0.15, 0.2) is 13.1 Å². The van der Waals surface area contributed by atoms with E-state index in [4.69, 9.17) is 16.3 Å². The first kappa shape index (κ1) is 20.7. The molecule has 2 amide bonds. The Morgan fingerprint density at radius 2 is 1.78 bits per heavy atom. The highest BCUT2D eigenvalue weighted by Crippen LogP contribution is 2.19. The second-order valence-electron chi connectivity index (χ2n) is 6.44. The number of carbonyl (C=O) groups is 2. The second kappa shape index (κ2) is 9.94. The summed E-state index contributed by atoms with van der Waals surface area (Å²) >= 11 is 6.04. The van der Waals surface area contributed by atoms with Gasteiger partial charge in [-0.05, 0) is 29.8 Å². The maximum atomic E-state index is 12.4. The van der Waals surface area contributed by atoms with Gasteiger partial charge in [0.05, 0.1) is 24.9 Å². The molecule has 0 fully saturated rings. The first-order chi connectivity index (χ1) is 12.9. The zero-order valence-corrected chi connectivity index (χ0v) is 16.5. The van der Waals surface area contributed by atoms with Crippen LogP contribution in [-0.2, 0) is 16.1 Å².